The SMILES string of the molecule is Cc1ccc(C(C)(C)C)cc1C(O)C1CC1. The van der Waals surface area contributed by atoms with Crippen LogP contribution >= 0.6 is 0 Å². The molecule has 0 aliphatic heterocycles. The van der Waals surface area contributed by atoms with Gasteiger partial charge in [-0.25, -0.2) is 0 Å². The Balaban J connectivity index is 2.36. The second kappa shape index (κ2) is 3.89. The molecule has 16 heavy (non-hydrogen) atoms. The number of aryl methyl sites for hydroxylation is 1. The predicted molar refractivity (Wildman–Crippen MR) is 67.6 cm³/mol. The molecular formula is C15H22O. The zero-order chi connectivity index (χ0) is 11.9. The summed E-state index contributed by atoms with van der Waals surface area (Å²) in [5.41, 5.74) is 3.82. The zero-order valence-corrected chi connectivity index (χ0v) is 10.7. The van der Waals surface area contributed by atoms with E-state index in [4.69, 9.17) is 0 Å². The van der Waals surface area contributed by atoms with E-state index in [9.17, 15) is 5.11 Å². The van der Waals surface area contributed by atoms with Gasteiger partial charge in [0.1, 0.15) is 0 Å². The highest BCUT2D eigenvalue weighted by Gasteiger charge is 2.32. The summed E-state index contributed by atoms with van der Waals surface area (Å²) in [5.74, 6) is 0.508. The number of aliphatic hydroxyl groups is 1. The Morgan fingerprint density at radius 1 is 1.25 bits per heavy atom. The van der Waals surface area contributed by atoms with Gasteiger partial charge < -0.3 is 5.11 Å². The second-order valence-electron chi connectivity index (χ2n) is 6.10. The van der Waals surface area contributed by atoms with Crippen molar-refractivity contribution in [3.8, 4) is 0 Å². The molecule has 88 valence electrons. The van der Waals surface area contributed by atoms with E-state index < -0.39 is 0 Å². The highest BCUT2D eigenvalue weighted by molar-refractivity contribution is 5.36. The van der Waals surface area contributed by atoms with Crippen LogP contribution in [0.2, 0.25) is 0 Å². The number of rotatable bonds is 2. The normalized spacial score (nSPS) is 18.6. The van der Waals surface area contributed by atoms with E-state index in [1.54, 1.807) is 0 Å². The van der Waals surface area contributed by atoms with Crippen LogP contribution in [0.1, 0.15) is 56.4 Å². The average Bonchev–Trinajstić information content (AvgIpc) is 2.98. The molecule has 1 saturated carbocycles. The quantitative estimate of drug-likeness (QED) is 0.801. The van der Waals surface area contributed by atoms with Crippen molar-refractivity contribution in [1.82, 2.24) is 0 Å². The molecule has 1 atom stereocenters. The topological polar surface area (TPSA) is 20.2 Å². The maximum absolute atomic E-state index is 10.2. The molecule has 1 aromatic rings. The lowest BCUT2D eigenvalue weighted by Gasteiger charge is -2.22. The third kappa shape index (κ3) is 2.30. The molecule has 0 saturated heterocycles. The van der Waals surface area contributed by atoms with E-state index in [0.717, 1.165) is 5.56 Å². The molecule has 0 amide bonds. The molecule has 1 heteroatoms. The monoisotopic (exact) mass is 218 g/mol. The Kier molecular flexibility index (Phi) is 2.83. The molecule has 0 heterocycles. The maximum Gasteiger partial charge on any atom is 0.0820 e. The fourth-order valence-corrected chi connectivity index (χ4v) is 2.09. The van der Waals surface area contributed by atoms with Crippen LogP contribution in [-0.4, -0.2) is 5.11 Å². The summed E-state index contributed by atoms with van der Waals surface area (Å²) in [7, 11) is 0. The van der Waals surface area contributed by atoms with Crippen LogP contribution in [0, 0.1) is 12.8 Å². The van der Waals surface area contributed by atoms with Gasteiger partial charge in [0.15, 0.2) is 0 Å². The number of hydrogen-bond donors (Lipinski definition) is 1. The third-order valence-corrected chi connectivity index (χ3v) is 3.53. The van der Waals surface area contributed by atoms with E-state index in [1.807, 2.05) is 0 Å². The molecule has 1 nitrogen and oxygen atoms in total. The van der Waals surface area contributed by atoms with E-state index in [1.165, 1.54) is 24.0 Å². The molecule has 0 aromatic heterocycles. The summed E-state index contributed by atoms with van der Waals surface area (Å²) in [6.07, 6.45) is 2.11. The number of hydrogen-bond acceptors (Lipinski definition) is 1. The smallest absolute Gasteiger partial charge is 0.0820 e. The van der Waals surface area contributed by atoms with Gasteiger partial charge in [-0.15, -0.1) is 0 Å². The van der Waals surface area contributed by atoms with E-state index in [-0.39, 0.29) is 11.5 Å². The first kappa shape index (κ1) is 11.7. The Morgan fingerprint density at radius 3 is 2.38 bits per heavy atom. The molecule has 1 aromatic carbocycles. The van der Waals surface area contributed by atoms with Crippen LogP contribution in [0.3, 0.4) is 0 Å². The standard InChI is InChI=1S/C15H22O/c1-10-5-8-12(15(2,3)4)9-13(10)14(16)11-6-7-11/h5,8-9,11,14,16H,6-7H2,1-4H3. The zero-order valence-electron chi connectivity index (χ0n) is 10.7. The predicted octanol–water partition coefficient (Wildman–Crippen LogP) is 3.74. The lowest BCUT2D eigenvalue weighted by Crippen LogP contribution is -2.13. The van der Waals surface area contributed by atoms with Crippen LogP contribution in [-0.2, 0) is 5.41 Å². The highest BCUT2D eigenvalue weighted by atomic mass is 16.3. The summed E-state index contributed by atoms with van der Waals surface area (Å²) < 4.78 is 0. The highest BCUT2D eigenvalue weighted by Crippen LogP contribution is 2.42. The van der Waals surface area contributed by atoms with Gasteiger partial charge in [0, 0.05) is 0 Å². The fourth-order valence-electron chi connectivity index (χ4n) is 2.09. The van der Waals surface area contributed by atoms with Crippen LogP contribution in [0.15, 0.2) is 18.2 Å². The van der Waals surface area contributed by atoms with Crippen LogP contribution in [0.4, 0.5) is 0 Å². The van der Waals surface area contributed by atoms with Crippen molar-refractivity contribution in [3.63, 3.8) is 0 Å². The lowest BCUT2D eigenvalue weighted by molar-refractivity contribution is 0.153. The van der Waals surface area contributed by atoms with Gasteiger partial charge in [-0.3, -0.25) is 0 Å². The maximum atomic E-state index is 10.2. The Labute approximate surface area is 98.5 Å². The molecule has 0 spiro atoms. The lowest BCUT2D eigenvalue weighted by atomic mass is 9.84. The third-order valence-electron chi connectivity index (χ3n) is 3.53. The summed E-state index contributed by atoms with van der Waals surface area (Å²) in [5, 5.41) is 10.2. The van der Waals surface area contributed by atoms with Gasteiger partial charge in [0.2, 0.25) is 0 Å². The minimum Gasteiger partial charge on any atom is -0.388 e. The van der Waals surface area contributed by atoms with Gasteiger partial charge in [-0.2, -0.15) is 0 Å². The minimum atomic E-state index is -0.248. The van der Waals surface area contributed by atoms with Gasteiger partial charge in [-0.05, 0) is 47.8 Å². The Hall–Kier alpha value is -0.820. The van der Waals surface area contributed by atoms with E-state index in [0.29, 0.717) is 5.92 Å². The minimum absolute atomic E-state index is 0.158. The van der Waals surface area contributed by atoms with E-state index in [2.05, 4.69) is 45.9 Å². The van der Waals surface area contributed by atoms with Gasteiger partial charge >= 0.3 is 0 Å². The summed E-state index contributed by atoms with van der Waals surface area (Å²) >= 11 is 0. The molecule has 0 radical (unpaired) electrons. The molecule has 1 N–H and O–H groups in total. The Morgan fingerprint density at radius 2 is 1.88 bits per heavy atom. The largest absolute Gasteiger partial charge is 0.388 e. The first-order valence-electron chi connectivity index (χ1n) is 6.18. The molecular weight excluding hydrogens is 196 g/mol. The fraction of sp³-hybridized carbons (Fsp3) is 0.600. The first-order chi connectivity index (χ1) is 7.39. The van der Waals surface area contributed by atoms with Crippen molar-refractivity contribution >= 4 is 0 Å². The van der Waals surface area contributed by atoms with Gasteiger partial charge in [0.25, 0.3) is 0 Å². The molecule has 2 rings (SSSR count). The van der Waals surface area contributed by atoms with Gasteiger partial charge in [-0.1, -0.05) is 39.0 Å². The van der Waals surface area contributed by atoms with Crippen molar-refractivity contribution < 1.29 is 5.11 Å². The van der Waals surface area contributed by atoms with Crippen LogP contribution < -0.4 is 0 Å². The second-order valence-corrected chi connectivity index (χ2v) is 6.10. The molecule has 1 aliphatic rings. The number of benzene rings is 1. The van der Waals surface area contributed by atoms with Crippen molar-refractivity contribution in [3.05, 3.63) is 34.9 Å². The summed E-state index contributed by atoms with van der Waals surface area (Å²) in [6, 6.07) is 6.51. The Bertz CT molecular complexity index is 383. The molecule has 1 fully saturated rings. The molecule has 0 bridgehead atoms. The molecule has 1 unspecified atom stereocenters. The number of aliphatic hydroxyl groups excluding tert-OH is 1. The van der Waals surface area contributed by atoms with Crippen LogP contribution in [0.5, 0.6) is 0 Å². The summed E-state index contributed by atoms with van der Waals surface area (Å²) in [4.78, 5) is 0. The first-order valence-corrected chi connectivity index (χ1v) is 6.18. The van der Waals surface area contributed by atoms with Crippen molar-refractivity contribution in [2.24, 2.45) is 5.92 Å². The van der Waals surface area contributed by atoms with Crippen molar-refractivity contribution in [1.29, 1.82) is 0 Å². The van der Waals surface area contributed by atoms with Gasteiger partial charge in [0.05, 0.1) is 6.10 Å². The van der Waals surface area contributed by atoms with Crippen LogP contribution in [0.25, 0.3) is 0 Å². The summed E-state index contributed by atoms with van der Waals surface area (Å²) in [6.45, 7) is 8.73. The molecule has 1 aliphatic carbocycles. The van der Waals surface area contributed by atoms with Crippen molar-refractivity contribution in [2.75, 3.05) is 0 Å². The van der Waals surface area contributed by atoms with E-state index >= 15 is 0 Å². The average molecular weight is 218 g/mol. The van der Waals surface area contributed by atoms with Crippen molar-refractivity contribution in [2.45, 2.75) is 52.1 Å².